The number of hydrogen-bond donors (Lipinski definition) is 2. The van der Waals surface area contributed by atoms with Crippen molar-refractivity contribution in [3.8, 4) is 11.3 Å². The summed E-state index contributed by atoms with van der Waals surface area (Å²) in [6.07, 6.45) is 0. The third-order valence-corrected chi connectivity index (χ3v) is 7.48. The van der Waals surface area contributed by atoms with Gasteiger partial charge in [0.05, 0.1) is 46.0 Å². The minimum absolute atomic E-state index is 0.205. The van der Waals surface area contributed by atoms with Gasteiger partial charge < -0.3 is 20.1 Å². The Balaban J connectivity index is 1.77. The van der Waals surface area contributed by atoms with Crippen LogP contribution in [0.2, 0.25) is 10.0 Å². The molecule has 10 heteroatoms. The minimum Gasteiger partial charge on any atom is -0.463 e. The van der Waals surface area contributed by atoms with Crippen LogP contribution in [0, 0.1) is 0 Å². The summed E-state index contributed by atoms with van der Waals surface area (Å²) in [4.78, 5) is 31.0. The van der Waals surface area contributed by atoms with Crippen LogP contribution in [0.1, 0.15) is 39.2 Å². The van der Waals surface area contributed by atoms with Crippen LogP contribution in [-0.2, 0) is 19.1 Å². The first kappa shape index (κ1) is 27.7. The highest BCUT2D eigenvalue weighted by Gasteiger charge is 2.39. The van der Waals surface area contributed by atoms with E-state index in [1.807, 2.05) is 35.7 Å². The molecule has 198 valence electrons. The molecule has 1 aromatic heterocycles. The average molecular weight is 573 g/mol. The van der Waals surface area contributed by atoms with Crippen LogP contribution in [0.5, 0.6) is 0 Å². The number of aromatic nitrogens is 1. The number of benzene rings is 2. The molecule has 7 nitrogen and oxygen atoms in total. The molecule has 4 rings (SSSR count). The molecular weight excluding hydrogens is 545 g/mol. The number of allylic oxidation sites excluding steroid dienone is 2. The van der Waals surface area contributed by atoms with Crippen molar-refractivity contribution < 1.29 is 19.1 Å². The SMILES string of the molecule is CCOC(=O)C1=C(C)NC(C)=C(C(=O)OCC)C1c1ccccc1Nc1nc(-c2ccc(Cl)c(Cl)c2)cs1. The highest BCUT2D eigenvalue weighted by Crippen LogP contribution is 2.43. The maximum absolute atomic E-state index is 13.2. The lowest BCUT2D eigenvalue weighted by atomic mass is 9.79. The second kappa shape index (κ2) is 12.0. The van der Waals surface area contributed by atoms with Gasteiger partial charge >= 0.3 is 11.9 Å². The first-order chi connectivity index (χ1) is 18.2. The molecule has 0 aliphatic carbocycles. The first-order valence-corrected chi connectivity index (χ1v) is 13.7. The van der Waals surface area contributed by atoms with Gasteiger partial charge in [0, 0.05) is 28.0 Å². The molecule has 2 aromatic carbocycles. The van der Waals surface area contributed by atoms with Gasteiger partial charge in [0.1, 0.15) is 0 Å². The van der Waals surface area contributed by atoms with E-state index in [9.17, 15) is 9.59 Å². The van der Waals surface area contributed by atoms with E-state index in [1.165, 1.54) is 11.3 Å². The number of carbonyl (C=O) groups is 2. The highest BCUT2D eigenvalue weighted by atomic mass is 35.5. The van der Waals surface area contributed by atoms with Crippen LogP contribution in [-0.4, -0.2) is 30.1 Å². The second-order valence-corrected chi connectivity index (χ2v) is 10.1. The summed E-state index contributed by atoms with van der Waals surface area (Å²) in [7, 11) is 0. The fraction of sp³-hybridized carbons (Fsp3) is 0.250. The van der Waals surface area contributed by atoms with Gasteiger partial charge in [-0.05, 0) is 51.5 Å². The molecule has 2 heterocycles. The number of carbonyl (C=O) groups excluding carboxylic acids is 2. The zero-order chi connectivity index (χ0) is 27.4. The molecule has 3 aromatic rings. The van der Waals surface area contributed by atoms with Crippen LogP contribution in [0.3, 0.4) is 0 Å². The Hall–Kier alpha value is -3.33. The quantitative estimate of drug-likeness (QED) is 0.276. The van der Waals surface area contributed by atoms with Crippen LogP contribution in [0.15, 0.2) is 70.4 Å². The zero-order valence-electron chi connectivity index (χ0n) is 21.4. The third-order valence-electron chi connectivity index (χ3n) is 5.98. The number of hydrogen-bond acceptors (Lipinski definition) is 8. The van der Waals surface area contributed by atoms with Crippen LogP contribution >= 0.6 is 34.5 Å². The molecule has 0 radical (unpaired) electrons. The lowest BCUT2D eigenvalue weighted by Crippen LogP contribution is -2.32. The van der Waals surface area contributed by atoms with Crippen LogP contribution in [0.4, 0.5) is 10.8 Å². The Morgan fingerprint density at radius 1 is 0.974 bits per heavy atom. The van der Waals surface area contributed by atoms with E-state index in [2.05, 4.69) is 10.6 Å². The maximum Gasteiger partial charge on any atom is 0.336 e. The average Bonchev–Trinajstić information content (AvgIpc) is 3.34. The summed E-state index contributed by atoms with van der Waals surface area (Å²) in [6.45, 7) is 7.49. The number of thiazole rings is 1. The van der Waals surface area contributed by atoms with Crippen molar-refractivity contribution in [1.82, 2.24) is 10.3 Å². The van der Waals surface area contributed by atoms with E-state index in [-0.39, 0.29) is 13.2 Å². The zero-order valence-corrected chi connectivity index (χ0v) is 23.7. The number of dihydropyridines is 1. The van der Waals surface area contributed by atoms with Gasteiger partial charge in [0.2, 0.25) is 0 Å². The number of nitrogens with zero attached hydrogens (tertiary/aromatic N) is 1. The molecule has 0 saturated heterocycles. The fourth-order valence-electron chi connectivity index (χ4n) is 4.36. The molecule has 2 N–H and O–H groups in total. The van der Waals surface area contributed by atoms with E-state index in [1.54, 1.807) is 39.8 Å². The van der Waals surface area contributed by atoms with Crippen molar-refractivity contribution in [2.24, 2.45) is 0 Å². The summed E-state index contributed by atoms with van der Waals surface area (Å²) in [5.41, 5.74) is 4.91. The lowest BCUT2D eigenvalue weighted by Gasteiger charge is -2.31. The largest absolute Gasteiger partial charge is 0.463 e. The predicted molar refractivity (Wildman–Crippen MR) is 152 cm³/mol. The molecule has 0 bridgehead atoms. The number of anilines is 2. The van der Waals surface area contributed by atoms with Gasteiger partial charge in [-0.2, -0.15) is 0 Å². The van der Waals surface area contributed by atoms with Crippen LogP contribution < -0.4 is 10.6 Å². The summed E-state index contributed by atoms with van der Waals surface area (Å²) >= 11 is 13.7. The van der Waals surface area contributed by atoms with Gasteiger partial charge in [0.15, 0.2) is 5.13 Å². The number of rotatable bonds is 8. The Kier molecular flexibility index (Phi) is 8.76. The molecule has 0 saturated carbocycles. The van der Waals surface area contributed by atoms with Crippen molar-refractivity contribution in [3.05, 3.63) is 86.0 Å². The molecule has 0 amide bonds. The molecule has 0 atom stereocenters. The highest BCUT2D eigenvalue weighted by molar-refractivity contribution is 7.14. The van der Waals surface area contributed by atoms with Gasteiger partial charge in [-0.1, -0.05) is 47.5 Å². The summed E-state index contributed by atoms with van der Waals surface area (Å²) in [5, 5.41) is 10.0. The number of ether oxygens (including phenoxy) is 2. The summed E-state index contributed by atoms with van der Waals surface area (Å²) in [6, 6.07) is 12.9. The van der Waals surface area contributed by atoms with Crippen LogP contribution in [0.25, 0.3) is 11.3 Å². The van der Waals surface area contributed by atoms with Crippen molar-refractivity contribution in [2.75, 3.05) is 18.5 Å². The topological polar surface area (TPSA) is 89.5 Å². The Labute approximate surface area is 235 Å². The molecule has 38 heavy (non-hydrogen) atoms. The van der Waals surface area contributed by atoms with Crippen molar-refractivity contribution in [1.29, 1.82) is 0 Å². The van der Waals surface area contributed by atoms with Gasteiger partial charge in [-0.25, -0.2) is 14.6 Å². The van der Waals surface area contributed by atoms with E-state index in [0.717, 1.165) is 11.3 Å². The molecule has 1 aliphatic rings. The minimum atomic E-state index is -0.715. The van der Waals surface area contributed by atoms with E-state index < -0.39 is 17.9 Å². The molecule has 0 fully saturated rings. The second-order valence-electron chi connectivity index (χ2n) is 8.46. The number of halogens is 2. The Morgan fingerprint density at radius 3 is 2.21 bits per heavy atom. The normalized spacial score (nSPS) is 13.8. The summed E-state index contributed by atoms with van der Waals surface area (Å²) in [5.74, 6) is -1.71. The fourth-order valence-corrected chi connectivity index (χ4v) is 5.39. The van der Waals surface area contributed by atoms with Gasteiger partial charge in [-0.3, -0.25) is 0 Å². The number of esters is 2. The smallest absolute Gasteiger partial charge is 0.336 e. The van der Waals surface area contributed by atoms with E-state index in [0.29, 0.717) is 49.0 Å². The Bertz CT molecular complexity index is 1410. The van der Waals surface area contributed by atoms with Crippen molar-refractivity contribution >= 4 is 57.3 Å². The van der Waals surface area contributed by atoms with Gasteiger partial charge in [-0.15, -0.1) is 11.3 Å². The molecular formula is C28H27Cl2N3O4S. The predicted octanol–water partition coefficient (Wildman–Crippen LogP) is 7.22. The maximum atomic E-state index is 13.2. The van der Waals surface area contributed by atoms with E-state index >= 15 is 0 Å². The van der Waals surface area contributed by atoms with Crippen molar-refractivity contribution in [3.63, 3.8) is 0 Å². The van der Waals surface area contributed by atoms with Gasteiger partial charge in [0.25, 0.3) is 0 Å². The number of para-hydroxylation sites is 1. The standard InChI is InChI=1S/C28H27Cl2N3O4S/c1-5-36-26(34)23-15(3)31-16(4)24(27(35)37-6-2)25(23)18-9-7-8-10-21(18)32-28-33-22(14-38-28)17-11-12-19(29)20(30)13-17/h7-14,25,31H,5-6H2,1-4H3,(H,32,33). The lowest BCUT2D eigenvalue weighted by molar-refractivity contribution is -0.139. The molecule has 1 aliphatic heterocycles. The summed E-state index contributed by atoms with van der Waals surface area (Å²) < 4.78 is 10.8. The number of nitrogens with one attached hydrogen (secondary N) is 2. The molecule has 0 spiro atoms. The third kappa shape index (κ3) is 5.72. The Morgan fingerprint density at radius 2 is 1.61 bits per heavy atom. The van der Waals surface area contributed by atoms with E-state index in [4.69, 9.17) is 37.7 Å². The first-order valence-electron chi connectivity index (χ1n) is 12.0. The monoisotopic (exact) mass is 571 g/mol. The molecule has 0 unspecified atom stereocenters. The van der Waals surface area contributed by atoms with Crippen molar-refractivity contribution in [2.45, 2.75) is 33.6 Å².